The molecule has 2 rings (SSSR count). The van der Waals surface area contributed by atoms with Crippen molar-refractivity contribution in [2.75, 3.05) is 11.9 Å². The van der Waals surface area contributed by atoms with Crippen LogP contribution in [0.5, 0.6) is 11.6 Å². The zero-order chi connectivity index (χ0) is 14.0. The van der Waals surface area contributed by atoms with E-state index in [1.54, 1.807) is 10.9 Å². The summed E-state index contributed by atoms with van der Waals surface area (Å²) in [6, 6.07) is 0. The molecule has 6 heteroatoms. The van der Waals surface area contributed by atoms with Gasteiger partial charge in [-0.1, -0.05) is 0 Å². The molecule has 2 aromatic rings. The van der Waals surface area contributed by atoms with Crippen LogP contribution in [0.15, 0.2) is 6.20 Å². The first kappa shape index (κ1) is 13.3. The molecule has 0 saturated carbocycles. The summed E-state index contributed by atoms with van der Waals surface area (Å²) in [7, 11) is 1.89. The van der Waals surface area contributed by atoms with E-state index in [9.17, 15) is 0 Å². The van der Waals surface area contributed by atoms with Gasteiger partial charge in [-0.05, 0) is 27.7 Å². The third kappa shape index (κ3) is 2.67. The molecule has 0 fully saturated rings. The number of aromatic nitrogens is 4. The molecule has 0 aliphatic heterocycles. The number of hydrogen-bond donors (Lipinski definition) is 1. The molecule has 0 aromatic carbocycles. The quantitative estimate of drug-likeness (QED) is 0.915. The highest BCUT2D eigenvalue weighted by Gasteiger charge is 2.14. The molecule has 0 amide bonds. The van der Waals surface area contributed by atoms with Crippen LogP contribution in [0.4, 0.5) is 5.95 Å². The van der Waals surface area contributed by atoms with Gasteiger partial charge in [0.25, 0.3) is 0 Å². The Labute approximate surface area is 112 Å². The zero-order valence-electron chi connectivity index (χ0n) is 12.0. The summed E-state index contributed by atoms with van der Waals surface area (Å²) in [6.45, 7) is 8.58. The highest BCUT2D eigenvalue weighted by molar-refractivity contribution is 5.39. The van der Waals surface area contributed by atoms with Crippen LogP contribution in [0.1, 0.15) is 23.9 Å². The Hall–Kier alpha value is -2.11. The topological polar surface area (TPSA) is 64.9 Å². The molecule has 0 aliphatic rings. The van der Waals surface area contributed by atoms with Gasteiger partial charge in [0.15, 0.2) is 5.75 Å². The summed E-state index contributed by atoms with van der Waals surface area (Å²) in [5.74, 6) is 1.89. The van der Waals surface area contributed by atoms with Gasteiger partial charge in [-0.25, -0.2) is 4.98 Å². The van der Waals surface area contributed by atoms with Gasteiger partial charge in [0, 0.05) is 25.4 Å². The zero-order valence-corrected chi connectivity index (χ0v) is 12.0. The van der Waals surface area contributed by atoms with Gasteiger partial charge in [0.1, 0.15) is 5.69 Å². The third-order valence-corrected chi connectivity index (χ3v) is 2.90. The van der Waals surface area contributed by atoms with E-state index in [0.29, 0.717) is 11.8 Å². The largest absolute Gasteiger partial charge is 0.435 e. The summed E-state index contributed by atoms with van der Waals surface area (Å²) < 4.78 is 7.70. The van der Waals surface area contributed by atoms with Gasteiger partial charge in [-0.3, -0.25) is 4.68 Å². The Morgan fingerprint density at radius 1 is 1.32 bits per heavy atom. The Balaban J connectivity index is 2.34. The lowest BCUT2D eigenvalue weighted by Crippen LogP contribution is -2.04. The number of aryl methyl sites for hydroxylation is 3. The van der Waals surface area contributed by atoms with Crippen molar-refractivity contribution in [2.24, 2.45) is 7.05 Å². The summed E-state index contributed by atoms with van der Waals surface area (Å²) in [5, 5.41) is 7.40. The number of anilines is 1. The van der Waals surface area contributed by atoms with Crippen LogP contribution in [0.25, 0.3) is 0 Å². The van der Waals surface area contributed by atoms with Gasteiger partial charge in [0.05, 0.1) is 5.69 Å². The summed E-state index contributed by atoms with van der Waals surface area (Å²) >= 11 is 0. The molecule has 0 bridgehead atoms. The fraction of sp³-hybridized carbons (Fsp3) is 0.462. The first-order valence-corrected chi connectivity index (χ1v) is 6.28. The van der Waals surface area contributed by atoms with Crippen LogP contribution in [-0.4, -0.2) is 26.3 Å². The molecule has 1 N–H and O–H groups in total. The van der Waals surface area contributed by atoms with E-state index in [0.717, 1.165) is 29.2 Å². The van der Waals surface area contributed by atoms with Crippen LogP contribution < -0.4 is 10.1 Å². The first-order chi connectivity index (χ1) is 9.02. The second kappa shape index (κ2) is 5.26. The summed E-state index contributed by atoms with van der Waals surface area (Å²) in [5.41, 5.74) is 2.72. The van der Waals surface area contributed by atoms with Crippen LogP contribution in [0.2, 0.25) is 0 Å². The van der Waals surface area contributed by atoms with Crippen LogP contribution >= 0.6 is 0 Å². The van der Waals surface area contributed by atoms with Crippen molar-refractivity contribution in [2.45, 2.75) is 27.7 Å². The minimum atomic E-state index is 0.560. The Morgan fingerprint density at radius 2 is 2.05 bits per heavy atom. The van der Waals surface area contributed by atoms with Crippen molar-refractivity contribution >= 4 is 5.95 Å². The smallest absolute Gasteiger partial charge is 0.227 e. The van der Waals surface area contributed by atoms with Gasteiger partial charge in [-0.15, -0.1) is 0 Å². The monoisotopic (exact) mass is 261 g/mol. The molecule has 0 unspecified atom stereocenters. The normalized spacial score (nSPS) is 10.6. The van der Waals surface area contributed by atoms with E-state index in [4.69, 9.17) is 4.74 Å². The maximum absolute atomic E-state index is 5.90. The average molecular weight is 261 g/mol. The number of nitrogens with zero attached hydrogens (tertiary/aromatic N) is 4. The van der Waals surface area contributed by atoms with E-state index in [1.807, 2.05) is 34.7 Å². The lowest BCUT2D eigenvalue weighted by Gasteiger charge is -2.09. The highest BCUT2D eigenvalue weighted by atomic mass is 16.5. The van der Waals surface area contributed by atoms with Gasteiger partial charge in [0.2, 0.25) is 11.8 Å². The molecule has 6 nitrogen and oxygen atoms in total. The van der Waals surface area contributed by atoms with Crippen LogP contribution in [0, 0.1) is 20.8 Å². The van der Waals surface area contributed by atoms with Crippen molar-refractivity contribution in [3.8, 4) is 11.6 Å². The molecule has 19 heavy (non-hydrogen) atoms. The molecule has 0 aliphatic carbocycles. The van der Waals surface area contributed by atoms with Crippen molar-refractivity contribution in [3.63, 3.8) is 0 Å². The lowest BCUT2D eigenvalue weighted by molar-refractivity contribution is 0.450. The predicted molar refractivity (Wildman–Crippen MR) is 73.7 cm³/mol. The van der Waals surface area contributed by atoms with Crippen molar-refractivity contribution < 1.29 is 4.74 Å². The van der Waals surface area contributed by atoms with Crippen LogP contribution in [-0.2, 0) is 7.05 Å². The van der Waals surface area contributed by atoms with Crippen molar-refractivity contribution in [1.29, 1.82) is 0 Å². The first-order valence-electron chi connectivity index (χ1n) is 6.28. The fourth-order valence-electron chi connectivity index (χ4n) is 1.77. The number of nitrogens with one attached hydrogen (secondary N) is 1. The predicted octanol–water partition coefficient (Wildman–Crippen LogP) is 2.36. The Morgan fingerprint density at radius 3 is 2.63 bits per heavy atom. The lowest BCUT2D eigenvalue weighted by atomic mass is 10.3. The van der Waals surface area contributed by atoms with Crippen LogP contribution in [0.3, 0.4) is 0 Å². The Bertz CT molecular complexity index is 591. The molecule has 0 spiro atoms. The SMILES string of the molecule is CCNc1ncc(C)c(Oc2c(C)nn(C)c2C)n1. The standard InChI is InChI=1S/C13H19N5O/c1-6-14-13-15-7-8(2)12(16-13)19-11-9(3)17-18(5)10(11)4/h7H,6H2,1-5H3,(H,14,15,16). The second-order valence-electron chi connectivity index (χ2n) is 4.44. The maximum atomic E-state index is 5.90. The van der Waals surface area contributed by atoms with E-state index < -0.39 is 0 Å². The minimum Gasteiger partial charge on any atom is -0.435 e. The van der Waals surface area contributed by atoms with Gasteiger partial charge in [-0.2, -0.15) is 10.1 Å². The molecular weight excluding hydrogens is 242 g/mol. The van der Waals surface area contributed by atoms with Gasteiger partial charge < -0.3 is 10.1 Å². The fourth-order valence-corrected chi connectivity index (χ4v) is 1.77. The summed E-state index contributed by atoms with van der Waals surface area (Å²) in [6.07, 6.45) is 1.75. The van der Waals surface area contributed by atoms with E-state index >= 15 is 0 Å². The van der Waals surface area contributed by atoms with E-state index in [-0.39, 0.29) is 0 Å². The number of rotatable bonds is 4. The maximum Gasteiger partial charge on any atom is 0.227 e. The second-order valence-corrected chi connectivity index (χ2v) is 4.44. The van der Waals surface area contributed by atoms with Gasteiger partial charge >= 0.3 is 0 Å². The minimum absolute atomic E-state index is 0.560. The van der Waals surface area contributed by atoms with E-state index in [1.165, 1.54) is 0 Å². The summed E-state index contributed by atoms with van der Waals surface area (Å²) in [4.78, 5) is 8.56. The third-order valence-electron chi connectivity index (χ3n) is 2.90. The molecule has 0 atom stereocenters. The number of ether oxygens (including phenoxy) is 1. The highest BCUT2D eigenvalue weighted by Crippen LogP contribution is 2.28. The number of hydrogen-bond acceptors (Lipinski definition) is 5. The molecule has 2 heterocycles. The van der Waals surface area contributed by atoms with Crippen molar-refractivity contribution in [3.05, 3.63) is 23.1 Å². The average Bonchev–Trinajstić information content (AvgIpc) is 2.60. The molecule has 0 saturated heterocycles. The van der Waals surface area contributed by atoms with E-state index in [2.05, 4.69) is 20.4 Å². The molecule has 2 aromatic heterocycles. The molecular formula is C13H19N5O. The van der Waals surface area contributed by atoms with Crippen molar-refractivity contribution in [1.82, 2.24) is 19.7 Å². The molecule has 0 radical (unpaired) electrons. The Kier molecular flexibility index (Phi) is 3.69. The molecule has 102 valence electrons.